The Balaban J connectivity index is 2.04. The summed E-state index contributed by atoms with van der Waals surface area (Å²) < 4.78 is 1.65. The molecule has 0 bridgehead atoms. The van der Waals surface area contributed by atoms with E-state index < -0.39 is 4.92 Å². The third-order valence-electron chi connectivity index (χ3n) is 3.46. The van der Waals surface area contributed by atoms with Crippen molar-refractivity contribution < 1.29 is 9.72 Å². The van der Waals surface area contributed by atoms with Crippen LogP contribution in [0.2, 0.25) is 0 Å². The fourth-order valence-corrected chi connectivity index (χ4v) is 2.45. The van der Waals surface area contributed by atoms with Crippen molar-refractivity contribution in [2.45, 2.75) is 38.8 Å². The van der Waals surface area contributed by atoms with Gasteiger partial charge in [0.1, 0.15) is 5.69 Å². The van der Waals surface area contributed by atoms with Gasteiger partial charge in [-0.3, -0.25) is 14.9 Å². The first-order valence-electron chi connectivity index (χ1n) is 6.98. The smallest absolute Gasteiger partial charge is 0.287 e. The maximum atomic E-state index is 12.2. The summed E-state index contributed by atoms with van der Waals surface area (Å²) in [5.41, 5.74) is 0.319. The molecule has 20 heavy (non-hydrogen) atoms. The van der Waals surface area contributed by atoms with Crippen molar-refractivity contribution in [1.82, 2.24) is 15.2 Å². The van der Waals surface area contributed by atoms with E-state index in [1.54, 1.807) is 4.57 Å². The second-order valence-electron chi connectivity index (χ2n) is 5.04. The average molecular weight is 280 g/mol. The molecule has 1 amide bonds. The Morgan fingerprint density at radius 2 is 2.45 bits per heavy atom. The maximum Gasteiger partial charge on any atom is 0.287 e. The number of nitrogens with one attached hydrogen (secondary N) is 2. The van der Waals surface area contributed by atoms with Gasteiger partial charge in [-0.2, -0.15) is 0 Å². The number of hydrogen-bond donors (Lipinski definition) is 2. The molecule has 1 aromatic rings. The molecule has 0 radical (unpaired) electrons. The Morgan fingerprint density at radius 1 is 1.65 bits per heavy atom. The Kier molecular flexibility index (Phi) is 4.73. The minimum absolute atomic E-state index is 0.0393. The zero-order valence-electron chi connectivity index (χ0n) is 11.6. The van der Waals surface area contributed by atoms with Crippen LogP contribution in [0.5, 0.6) is 0 Å². The van der Waals surface area contributed by atoms with Crippen LogP contribution in [0.25, 0.3) is 0 Å². The Hall–Kier alpha value is -1.89. The van der Waals surface area contributed by atoms with Gasteiger partial charge >= 0.3 is 0 Å². The number of rotatable bonds is 6. The summed E-state index contributed by atoms with van der Waals surface area (Å²) in [5, 5.41) is 17.0. The molecule has 1 aliphatic rings. The van der Waals surface area contributed by atoms with Crippen molar-refractivity contribution in [1.29, 1.82) is 0 Å². The summed E-state index contributed by atoms with van der Waals surface area (Å²) in [4.78, 5) is 22.5. The quantitative estimate of drug-likeness (QED) is 0.607. The highest BCUT2D eigenvalue weighted by Crippen LogP contribution is 2.17. The normalized spacial score (nSPS) is 18.1. The molecule has 1 unspecified atom stereocenters. The minimum Gasteiger partial charge on any atom is -0.349 e. The second kappa shape index (κ2) is 6.51. The number of carbonyl (C=O) groups excluding carboxylic acids is 1. The van der Waals surface area contributed by atoms with Crippen LogP contribution in [0.4, 0.5) is 5.69 Å². The van der Waals surface area contributed by atoms with Crippen LogP contribution in [0, 0.1) is 10.1 Å². The lowest BCUT2D eigenvalue weighted by molar-refractivity contribution is -0.384. The van der Waals surface area contributed by atoms with Gasteiger partial charge in [-0.15, -0.1) is 0 Å². The molecule has 1 aromatic heterocycles. The molecule has 7 nitrogen and oxygen atoms in total. The summed E-state index contributed by atoms with van der Waals surface area (Å²) in [6, 6.07) is 1.65. The highest BCUT2D eigenvalue weighted by molar-refractivity contribution is 5.93. The molecular formula is C13H20N4O3. The minimum atomic E-state index is -0.471. The lowest BCUT2D eigenvalue weighted by Crippen LogP contribution is -2.37. The van der Waals surface area contributed by atoms with Crippen molar-refractivity contribution >= 4 is 11.6 Å². The van der Waals surface area contributed by atoms with E-state index in [1.807, 2.05) is 6.92 Å². The molecule has 1 aliphatic heterocycles. The lowest BCUT2D eigenvalue weighted by atomic mass is 10.2. The van der Waals surface area contributed by atoms with E-state index in [4.69, 9.17) is 0 Å². The van der Waals surface area contributed by atoms with Gasteiger partial charge in [0.2, 0.25) is 0 Å². The zero-order chi connectivity index (χ0) is 14.5. The van der Waals surface area contributed by atoms with Crippen LogP contribution < -0.4 is 10.6 Å². The molecule has 0 spiro atoms. The van der Waals surface area contributed by atoms with Crippen LogP contribution in [0.1, 0.15) is 36.7 Å². The van der Waals surface area contributed by atoms with E-state index in [1.165, 1.54) is 12.3 Å². The number of nitro groups is 1. The molecule has 1 saturated heterocycles. The third kappa shape index (κ3) is 3.36. The number of nitrogens with zero attached hydrogens (tertiary/aromatic N) is 2. The molecule has 2 rings (SSSR count). The lowest BCUT2D eigenvalue weighted by Gasteiger charge is -2.12. The molecule has 0 saturated carbocycles. The Morgan fingerprint density at radius 3 is 3.05 bits per heavy atom. The number of aryl methyl sites for hydroxylation is 1. The topological polar surface area (TPSA) is 89.2 Å². The van der Waals surface area contributed by atoms with Gasteiger partial charge in [-0.25, -0.2) is 0 Å². The van der Waals surface area contributed by atoms with Crippen molar-refractivity contribution in [2.24, 2.45) is 0 Å². The summed E-state index contributed by atoms with van der Waals surface area (Å²) in [6.07, 6.45) is 4.41. The predicted molar refractivity (Wildman–Crippen MR) is 74.7 cm³/mol. The molecule has 1 atom stereocenters. The molecule has 2 N–H and O–H groups in total. The molecule has 2 heterocycles. The van der Waals surface area contributed by atoms with Crippen molar-refractivity contribution in [3.05, 3.63) is 28.1 Å². The van der Waals surface area contributed by atoms with Crippen molar-refractivity contribution in [3.63, 3.8) is 0 Å². The average Bonchev–Trinajstić information content (AvgIpc) is 3.05. The first-order chi connectivity index (χ1) is 9.61. The zero-order valence-corrected chi connectivity index (χ0v) is 11.6. The van der Waals surface area contributed by atoms with E-state index >= 15 is 0 Å². The van der Waals surface area contributed by atoms with Gasteiger partial charge in [0, 0.05) is 25.2 Å². The Labute approximate surface area is 117 Å². The molecule has 7 heteroatoms. The standard InChI is InChI=1S/C13H20N4O3/c1-2-6-16-9-11(17(19)20)7-12(16)13(18)15-8-10-4-3-5-14-10/h7,9-10,14H,2-6,8H2,1H3,(H,15,18). The summed E-state index contributed by atoms with van der Waals surface area (Å²) >= 11 is 0. The number of hydrogen-bond acceptors (Lipinski definition) is 4. The van der Waals surface area contributed by atoms with Gasteiger partial charge in [0.15, 0.2) is 0 Å². The Bertz CT molecular complexity index is 492. The van der Waals surface area contributed by atoms with Crippen LogP contribution in [-0.2, 0) is 6.54 Å². The second-order valence-corrected chi connectivity index (χ2v) is 5.04. The van der Waals surface area contributed by atoms with Crippen LogP contribution in [-0.4, -0.2) is 34.5 Å². The van der Waals surface area contributed by atoms with E-state index in [-0.39, 0.29) is 11.6 Å². The first-order valence-corrected chi connectivity index (χ1v) is 6.98. The van der Waals surface area contributed by atoms with Gasteiger partial charge in [-0.05, 0) is 25.8 Å². The number of aromatic nitrogens is 1. The van der Waals surface area contributed by atoms with E-state index in [2.05, 4.69) is 10.6 Å². The van der Waals surface area contributed by atoms with E-state index in [9.17, 15) is 14.9 Å². The van der Waals surface area contributed by atoms with Crippen LogP contribution >= 0.6 is 0 Å². The van der Waals surface area contributed by atoms with Crippen molar-refractivity contribution in [2.75, 3.05) is 13.1 Å². The SMILES string of the molecule is CCCn1cc([N+](=O)[O-])cc1C(=O)NCC1CCCN1. The third-order valence-corrected chi connectivity index (χ3v) is 3.46. The number of amides is 1. The molecule has 110 valence electrons. The molecular weight excluding hydrogens is 260 g/mol. The van der Waals surface area contributed by atoms with Gasteiger partial charge in [0.25, 0.3) is 11.6 Å². The maximum absolute atomic E-state index is 12.2. The molecule has 1 fully saturated rings. The van der Waals surface area contributed by atoms with Crippen molar-refractivity contribution in [3.8, 4) is 0 Å². The summed E-state index contributed by atoms with van der Waals surface area (Å²) in [7, 11) is 0. The largest absolute Gasteiger partial charge is 0.349 e. The first kappa shape index (κ1) is 14.5. The monoisotopic (exact) mass is 280 g/mol. The van der Waals surface area contributed by atoms with E-state index in [0.29, 0.717) is 24.8 Å². The van der Waals surface area contributed by atoms with Crippen LogP contribution in [0.3, 0.4) is 0 Å². The number of carbonyl (C=O) groups is 1. The highest BCUT2D eigenvalue weighted by atomic mass is 16.6. The summed E-state index contributed by atoms with van der Waals surface area (Å²) in [6.45, 7) is 4.11. The summed E-state index contributed by atoms with van der Waals surface area (Å²) in [5.74, 6) is -0.250. The van der Waals surface area contributed by atoms with Crippen LogP contribution in [0.15, 0.2) is 12.3 Å². The van der Waals surface area contributed by atoms with E-state index in [0.717, 1.165) is 25.8 Å². The predicted octanol–water partition coefficient (Wildman–Crippen LogP) is 1.29. The van der Waals surface area contributed by atoms with Gasteiger partial charge < -0.3 is 15.2 Å². The fraction of sp³-hybridized carbons (Fsp3) is 0.615. The molecule has 0 aliphatic carbocycles. The fourth-order valence-electron chi connectivity index (χ4n) is 2.45. The van der Waals surface area contributed by atoms with Gasteiger partial charge in [0.05, 0.1) is 11.1 Å². The highest BCUT2D eigenvalue weighted by Gasteiger charge is 2.20. The molecule has 0 aromatic carbocycles. The van der Waals surface area contributed by atoms with Gasteiger partial charge in [-0.1, -0.05) is 6.92 Å².